The minimum absolute atomic E-state index is 0. The number of aliphatic hydroxyl groups is 1. The Bertz CT molecular complexity index is 278. The summed E-state index contributed by atoms with van der Waals surface area (Å²) >= 11 is 0. The van der Waals surface area contributed by atoms with Gasteiger partial charge < -0.3 is 10.4 Å². The van der Waals surface area contributed by atoms with Gasteiger partial charge >= 0.3 is 0 Å². The highest BCUT2D eigenvalue weighted by molar-refractivity contribution is 5.85. The third-order valence-electron chi connectivity index (χ3n) is 3.90. The van der Waals surface area contributed by atoms with Gasteiger partial charge in [-0.25, -0.2) is 8.78 Å². The molecule has 0 amide bonds. The number of hydrogen-bond donors (Lipinski definition) is 2. The van der Waals surface area contributed by atoms with E-state index in [1.165, 1.54) is 0 Å². The molecular formula is C12H23ClF2N2O. The number of rotatable bonds is 2. The molecule has 0 aromatic heterocycles. The van der Waals surface area contributed by atoms with Gasteiger partial charge in [0.25, 0.3) is 5.92 Å². The average molecular weight is 285 g/mol. The Morgan fingerprint density at radius 3 is 2.33 bits per heavy atom. The van der Waals surface area contributed by atoms with Crippen molar-refractivity contribution in [2.45, 2.75) is 56.7 Å². The summed E-state index contributed by atoms with van der Waals surface area (Å²) in [6, 6.07) is -0.248. The number of likely N-dealkylation sites (tertiary alicyclic amines) is 1. The number of hydrogen-bond acceptors (Lipinski definition) is 3. The molecule has 2 N–H and O–H groups in total. The first kappa shape index (κ1) is 16.1. The van der Waals surface area contributed by atoms with Gasteiger partial charge in [0.2, 0.25) is 0 Å². The van der Waals surface area contributed by atoms with Crippen molar-refractivity contribution in [1.29, 1.82) is 0 Å². The van der Waals surface area contributed by atoms with Crippen molar-refractivity contribution in [3.05, 3.63) is 0 Å². The summed E-state index contributed by atoms with van der Waals surface area (Å²) in [6.45, 7) is 4.82. The van der Waals surface area contributed by atoms with E-state index in [4.69, 9.17) is 0 Å². The second-order valence-electron chi connectivity index (χ2n) is 5.88. The fourth-order valence-electron chi connectivity index (χ4n) is 3.02. The van der Waals surface area contributed by atoms with Gasteiger partial charge in [0, 0.05) is 18.5 Å². The van der Waals surface area contributed by atoms with Crippen molar-refractivity contribution >= 4 is 12.4 Å². The molecule has 2 aliphatic heterocycles. The van der Waals surface area contributed by atoms with Crippen LogP contribution in [-0.4, -0.2) is 53.2 Å². The molecule has 0 spiro atoms. The van der Waals surface area contributed by atoms with Gasteiger partial charge in [-0.2, -0.15) is 0 Å². The van der Waals surface area contributed by atoms with E-state index >= 15 is 0 Å². The third kappa shape index (κ3) is 3.53. The van der Waals surface area contributed by atoms with Crippen LogP contribution in [0.25, 0.3) is 0 Å². The van der Waals surface area contributed by atoms with E-state index in [0.29, 0.717) is 0 Å². The fraction of sp³-hybridized carbons (Fsp3) is 1.00. The molecule has 2 fully saturated rings. The van der Waals surface area contributed by atoms with Crippen LogP contribution in [0, 0.1) is 0 Å². The molecule has 0 bridgehead atoms. The van der Waals surface area contributed by atoms with Gasteiger partial charge in [0.15, 0.2) is 0 Å². The fourth-order valence-corrected chi connectivity index (χ4v) is 3.02. The van der Waals surface area contributed by atoms with E-state index in [-0.39, 0.29) is 31.4 Å². The first-order chi connectivity index (χ1) is 7.80. The summed E-state index contributed by atoms with van der Waals surface area (Å²) < 4.78 is 27.1. The smallest absolute Gasteiger partial charge is 0.262 e. The lowest BCUT2D eigenvalue weighted by Crippen LogP contribution is -2.52. The molecule has 2 rings (SSSR count). The molecule has 0 aromatic carbocycles. The van der Waals surface area contributed by atoms with Crippen LogP contribution >= 0.6 is 12.4 Å². The maximum absolute atomic E-state index is 13.6. The van der Waals surface area contributed by atoms with Gasteiger partial charge in [-0.1, -0.05) is 0 Å². The maximum Gasteiger partial charge on any atom is 0.262 e. The van der Waals surface area contributed by atoms with Gasteiger partial charge in [0.05, 0.1) is 12.1 Å². The van der Waals surface area contributed by atoms with Crippen molar-refractivity contribution in [2.24, 2.45) is 0 Å². The Hall–Kier alpha value is 0.0300. The molecule has 0 unspecified atom stereocenters. The van der Waals surface area contributed by atoms with Crippen molar-refractivity contribution in [2.75, 3.05) is 19.6 Å². The Morgan fingerprint density at radius 2 is 1.83 bits per heavy atom. The van der Waals surface area contributed by atoms with Crippen molar-refractivity contribution in [1.82, 2.24) is 10.2 Å². The molecule has 2 heterocycles. The quantitative estimate of drug-likeness (QED) is 0.809. The molecule has 2 aliphatic rings. The summed E-state index contributed by atoms with van der Waals surface area (Å²) in [4.78, 5) is 1.83. The zero-order valence-corrected chi connectivity index (χ0v) is 11.8. The number of alkyl halides is 2. The van der Waals surface area contributed by atoms with Crippen LogP contribution in [0.2, 0.25) is 0 Å². The summed E-state index contributed by atoms with van der Waals surface area (Å²) in [5, 5.41) is 13.3. The topological polar surface area (TPSA) is 35.5 Å². The van der Waals surface area contributed by atoms with E-state index in [9.17, 15) is 13.9 Å². The number of piperidine rings is 1. The molecule has 2 saturated heterocycles. The van der Waals surface area contributed by atoms with Crippen molar-refractivity contribution < 1.29 is 13.9 Å². The molecule has 3 nitrogen and oxygen atoms in total. The molecule has 0 saturated carbocycles. The van der Waals surface area contributed by atoms with Crippen molar-refractivity contribution in [3.8, 4) is 0 Å². The SMILES string of the molecule is CC(C)(O)[C@H]1CC(F)(F)CN1C1CCNCC1.Cl. The highest BCUT2D eigenvalue weighted by atomic mass is 35.5. The minimum Gasteiger partial charge on any atom is -0.389 e. The van der Waals surface area contributed by atoms with Crippen LogP contribution in [0.15, 0.2) is 0 Å². The normalized spacial score (nSPS) is 30.2. The van der Waals surface area contributed by atoms with Gasteiger partial charge in [-0.3, -0.25) is 4.90 Å². The van der Waals surface area contributed by atoms with E-state index in [2.05, 4.69) is 5.32 Å². The highest BCUT2D eigenvalue weighted by Gasteiger charge is 2.51. The van der Waals surface area contributed by atoms with Gasteiger partial charge in [-0.15, -0.1) is 12.4 Å². The predicted octanol–water partition coefficient (Wildman–Crippen LogP) is 1.64. The van der Waals surface area contributed by atoms with Crippen LogP contribution < -0.4 is 5.32 Å². The molecule has 6 heteroatoms. The highest BCUT2D eigenvalue weighted by Crippen LogP contribution is 2.39. The summed E-state index contributed by atoms with van der Waals surface area (Å²) in [5.41, 5.74) is -1.06. The van der Waals surface area contributed by atoms with Crippen LogP contribution in [-0.2, 0) is 0 Å². The first-order valence-corrected chi connectivity index (χ1v) is 6.36. The van der Waals surface area contributed by atoms with E-state index in [1.54, 1.807) is 13.8 Å². The predicted molar refractivity (Wildman–Crippen MR) is 69.5 cm³/mol. The van der Waals surface area contributed by atoms with Crippen molar-refractivity contribution in [3.63, 3.8) is 0 Å². The number of halogens is 3. The molecular weight excluding hydrogens is 262 g/mol. The van der Waals surface area contributed by atoms with E-state index < -0.39 is 17.6 Å². The monoisotopic (exact) mass is 284 g/mol. The second kappa shape index (κ2) is 5.57. The zero-order valence-electron chi connectivity index (χ0n) is 11.0. The second-order valence-corrected chi connectivity index (χ2v) is 5.88. The Morgan fingerprint density at radius 1 is 1.28 bits per heavy atom. The average Bonchev–Trinajstić information content (AvgIpc) is 2.56. The zero-order chi connectivity index (χ0) is 12.7. The number of nitrogens with zero attached hydrogens (tertiary/aromatic N) is 1. The Kier molecular flexibility index (Phi) is 4.98. The minimum atomic E-state index is -2.66. The third-order valence-corrected chi connectivity index (χ3v) is 3.90. The largest absolute Gasteiger partial charge is 0.389 e. The van der Waals surface area contributed by atoms with Crippen LogP contribution in [0.4, 0.5) is 8.78 Å². The van der Waals surface area contributed by atoms with E-state index in [1.807, 2.05) is 4.90 Å². The Labute approximate surface area is 113 Å². The van der Waals surface area contributed by atoms with E-state index in [0.717, 1.165) is 25.9 Å². The molecule has 18 heavy (non-hydrogen) atoms. The molecule has 0 radical (unpaired) electrons. The molecule has 0 aromatic rings. The molecule has 1 atom stereocenters. The number of nitrogens with one attached hydrogen (secondary N) is 1. The lowest BCUT2D eigenvalue weighted by Gasteiger charge is -2.40. The molecule has 108 valence electrons. The van der Waals surface area contributed by atoms with Crippen LogP contribution in [0.5, 0.6) is 0 Å². The standard InChI is InChI=1S/C12H22F2N2O.ClH/c1-11(2,17)10-7-12(13,14)8-16(10)9-3-5-15-6-4-9;/h9-10,15,17H,3-8H2,1-2H3;1H/t10-;/m1./s1. The summed E-state index contributed by atoms with van der Waals surface area (Å²) in [7, 11) is 0. The molecule has 0 aliphatic carbocycles. The lowest BCUT2D eigenvalue weighted by atomic mass is 9.93. The van der Waals surface area contributed by atoms with Crippen LogP contribution in [0.3, 0.4) is 0 Å². The first-order valence-electron chi connectivity index (χ1n) is 6.36. The van der Waals surface area contributed by atoms with Gasteiger partial charge in [-0.05, 0) is 39.8 Å². The Balaban J connectivity index is 0.00000162. The summed E-state index contributed by atoms with van der Waals surface area (Å²) in [6.07, 6.45) is 1.56. The summed E-state index contributed by atoms with van der Waals surface area (Å²) in [5.74, 6) is -2.66. The maximum atomic E-state index is 13.6. The van der Waals surface area contributed by atoms with Crippen LogP contribution in [0.1, 0.15) is 33.1 Å². The van der Waals surface area contributed by atoms with Gasteiger partial charge in [0.1, 0.15) is 0 Å². The lowest BCUT2D eigenvalue weighted by molar-refractivity contribution is -0.0215.